The molecule has 1 aromatic heterocycles. The molecule has 0 radical (unpaired) electrons. The molecular formula is C31H38N4O8. The van der Waals surface area contributed by atoms with Gasteiger partial charge in [0.1, 0.15) is 29.5 Å². The zero-order chi connectivity index (χ0) is 31.9. The number of phenolic OH excluding ortho intramolecular Hbond substituents is 1. The first-order valence-electron chi connectivity index (χ1n) is 13.7. The van der Waals surface area contributed by atoms with E-state index in [2.05, 4.69) is 16.0 Å². The lowest BCUT2D eigenvalue weighted by Gasteiger charge is -2.25. The Balaban J connectivity index is 1.75. The minimum atomic E-state index is -1.12. The molecule has 0 saturated carbocycles. The molecule has 43 heavy (non-hydrogen) atoms. The Morgan fingerprint density at radius 2 is 1.53 bits per heavy atom. The zero-order valence-corrected chi connectivity index (χ0v) is 25.1. The number of ether oxygens (including phenoxy) is 2. The van der Waals surface area contributed by atoms with E-state index in [4.69, 9.17) is 9.47 Å². The van der Waals surface area contributed by atoms with E-state index in [0.717, 1.165) is 5.39 Å². The van der Waals surface area contributed by atoms with Crippen LogP contribution in [0, 0.1) is 0 Å². The maximum atomic E-state index is 13.3. The minimum absolute atomic E-state index is 0.0313. The van der Waals surface area contributed by atoms with E-state index in [1.807, 2.05) is 6.07 Å². The Hall–Kier alpha value is -4.87. The summed E-state index contributed by atoms with van der Waals surface area (Å²) in [5.41, 5.74) is 1.14. The van der Waals surface area contributed by atoms with E-state index >= 15 is 0 Å². The first-order valence-corrected chi connectivity index (χ1v) is 13.7. The molecule has 0 bridgehead atoms. The van der Waals surface area contributed by atoms with Gasteiger partial charge in [0.05, 0.1) is 12.6 Å². The van der Waals surface area contributed by atoms with Crippen molar-refractivity contribution in [3.8, 4) is 5.75 Å². The van der Waals surface area contributed by atoms with Gasteiger partial charge < -0.3 is 30.5 Å². The number of alkyl carbamates (subject to hydrolysis) is 1. The number of aromatic hydroxyl groups is 1. The number of benzene rings is 2. The van der Waals surface area contributed by atoms with Crippen molar-refractivity contribution in [1.82, 2.24) is 20.5 Å². The highest BCUT2D eigenvalue weighted by molar-refractivity contribution is 5.95. The standard InChI is InChI=1S/C31H38N4O8/c1-18(32-28(39)24(34-30(41)43-31(3,4)5)15-20-11-13-22(37)14-12-20)27(38)33-25(29(40)42-6)16-21-17-35(19(2)36)26-10-8-7-9-23(21)26/h7-14,17-18,24-25,37H,15-16H2,1-6H3,(H,32,39)(H,33,38)(H,34,41)/t18-,24-,25-/m0/s1. The van der Waals surface area contributed by atoms with Crippen LogP contribution in [0.15, 0.2) is 54.7 Å². The van der Waals surface area contributed by atoms with Crippen LogP contribution in [0.25, 0.3) is 10.9 Å². The summed E-state index contributed by atoms with van der Waals surface area (Å²) in [6.07, 6.45) is 0.879. The molecule has 230 valence electrons. The average molecular weight is 595 g/mol. The Morgan fingerprint density at radius 1 is 0.884 bits per heavy atom. The third-order valence-electron chi connectivity index (χ3n) is 6.50. The number of methoxy groups -OCH3 is 1. The first kappa shape index (κ1) is 32.6. The van der Waals surface area contributed by atoms with E-state index in [1.54, 1.807) is 57.3 Å². The largest absolute Gasteiger partial charge is 0.508 e. The monoisotopic (exact) mass is 594 g/mol. The number of hydrogen-bond acceptors (Lipinski definition) is 8. The van der Waals surface area contributed by atoms with Crippen LogP contribution in [0.5, 0.6) is 5.75 Å². The molecule has 4 N–H and O–H groups in total. The second-order valence-electron chi connectivity index (χ2n) is 11.1. The van der Waals surface area contributed by atoms with Crippen LogP contribution in [0.2, 0.25) is 0 Å². The Kier molecular flexibility index (Phi) is 10.5. The van der Waals surface area contributed by atoms with Crippen LogP contribution in [-0.4, -0.2) is 70.3 Å². The number of esters is 1. The highest BCUT2D eigenvalue weighted by Crippen LogP contribution is 2.23. The van der Waals surface area contributed by atoms with E-state index in [1.165, 1.54) is 37.7 Å². The number of aromatic nitrogens is 1. The molecule has 12 heteroatoms. The van der Waals surface area contributed by atoms with Crippen molar-refractivity contribution < 1.29 is 38.6 Å². The SMILES string of the molecule is COC(=O)[C@H](Cc1cn(C(C)=O)c2ccccc12)NC(=O)[C@H](C)NC(=O)[C@H](Cc1ccc(O)cc1)NC(=O)OC(C)(C)C. The number of rotatable bonds is 10. The molecule has 3 amide bonds. The molecule has 0 saturated heterocycles. The Labute approximate surface area is 249 Å². The number of amides is 3. The van der Waals surface area contributed by atoms with Gasteiger partial charge in [0.25, 0.3) is 0 Å². The van der Waals surface area contributed by atoms with Crippen LogP contribution in [0.4, 0.5) is 4.79 Å². The van der Waals surface area contributed by atoms with Gasteiger partial charge in [0.15, 0.2) is 0 Å². The lowest BCUT2D eigenvalue weighted by atomic mass is 10.0. The van der Waals surface area contributed by atoms with Gasteiger partial charge >= 0.3 is 12.1 Å². The van der Waals surface area contributed by atoms with Gasteiger partial charge in [0.2, 0.25) is 17.7 Å². The summed E-state index contributed by atoms with van der Waals surface area (Å²) < 4.78 is 11.7. The minimum Gasteiger partial charge on any atom is -0.508 e. The number of carbonyl (C=O) groups excluding carboxylic acids is 5. The molecule has 3 aromatic rings. The fraction of sp³-hybridized carbons (Fsp3) is 0.387. The smallest absolute Gasteiger partial charge is 0.408 e. The highest BCUT2D eigenvalue weighted by Gasteiger charge is 2.30. The molecule has 0 fully saturated rings. The quantitative estimate of drug-likeness (QED) is 0.260. The van der Waals surface area contributed by atoms with Crippen molar-refractivity contribution in [3.63, 3.8) is 0 Å². The van der Waals surface area contributed by atoms with Crippen molar-refractivity contribution >= 4 is 40.7 Å². The summed E-state index contributed by atoms with van der Waals surface area (Å²) in [6, 6.07) is 9.96. The number of fused-ring (bicyclic) bond motifs is 1. The molecule has 0 spiro atoms. The van der Waals surface area contributed by atoms with Gasteiger partial charge in [-0.1, -0.05) is 30.3 Å². The summed E-state index contributed by atoms with van der Waals surface area (Å²) >= 11 is 0. The third-order valence-corrected chi connectivity index (χ3v) is 6.50. The predicted octanol–water partition coefficient (Wildman–Crippen LogP) is 2.85. The van der Waals surface area contributed by atoms with Crippen LogP contribution >= 0.6 is 0 Å². The molecule has 3 atom stereocenters. The van der Waals surface area contributed by atoms with Gasteiger partial charge in [-0.3, -0.25) is 19.0 Å². The normalized spacial score (nSPS) is 13.3. The summed E-state index contributed by atoms with van der Waals surface area (Å²) in [6.45, 7) is 7.91. The molecule has 0 unspecified atom stereocenters. The van der Waals surface area contributed by atoms with Crippen molar-refractivity contribution in [2.75, 3.05) is 7.11 Å². The molecule has 0 aliphatic heterocycles. The fourth-order valence-corrected chi connectivity index (χ4v) is 4.43. The average Bonchev–Trinajstić information content (AvgIpc) is 3.30. The molecular weight excluding hydrogens is 556 g/mol. The van der Waals surface area contributed by atoms with Crippen LogP contribution < -0.4 is 16.0 Å². The Bertz CT molecular complexity index is 1490. The highest BCUT2D eigenvalue weighted by atomic mass is 16.6. The number of para-hydroxylation sites is 1. The summed E-state index contributed by atoms with van der Waals surface area (Å²) in [5, 5.41) is 18.1. The molecule has 3 rings (SSSR count). The second kappa shape index (κ2) is 13.9. The summed E-state index contributed by atoms with van der Waals surface area (Å²) in [5.74, 6) is -2.20. The topological polar surface area (TPSA) is 165 Å². The van der Waals surface area contributed by atoms with E-state index in [-0.39, 0.29) is 24.5 Å². The van der Waals surface area contributed by atoms with Crippen molar-refractivity contribution in [2.45, 2.75) is 71.2 Å². The maximum absolute atomic E-state index is 13.3. The molecule has 0 aliphatic rings. The van der Waals surface area contributed by atoms with Crippen LogP contribution in [0.1, 0.15) is 50.5 Å². The van der Waals surface area contributed by atoms with Crippen molar-refractivity contribution in [3.05, 3.63) is 65.9 Å². The first-order chi connectivity index (χ1) is 20.2. The number of hydrogen-bond donors (Lipinski definition) is 4. The van der Waals surface area contributed by atoms with Crippen LogP contribution in [-0.2, 0) is 36.7 Å². The van der Waals surface area contributed by atoms with Crippen molar-refractivity contribution in [2.24, 2.45) is 0 Å². The predicted molar refractivity (Wildman–Crippen MR) is 158 cm³/mol. The molecule has 12 nitrogen and oxygen atoms in total. The van der Waals surface area contributed by atoms with Gasteiger partial charge in [-0.15, -0.1) is 0 Å². The summed E-state index contributed by atoms with van der Waals surface area (Å²) in [7, 11) is 1.20. The van der Waals surface area contributed by atoms with E-state index < -0.39 is 47.6 Å². The fourth-order valence-electron chi connectivity index (χ4n) is 4.43. The van der Waals surface area contributed by atoms with Gasteiger partial charge in [-0.25, -0.2) is 9.59 Å². The van der Waals surface area contributed by atoms with Gasteiger partial charge in [0, 0.05) is 31.3 Å². The zero-order valence-electron chi connectivity index (χ0n) is 25.1. The van der Waals surface area contributed by atoms with Gasteiger partial charge in [-0.05, 0) is 57.0 Å². The lowest BCUT2D eigenvalue weighted by molar-refractivity contribution is -0.145. The maximum Gasteiger partial charge on any atom is 0.408 e. The second-order valence-corrected chi connectivity index (χ2v) is 11.1. The molecule has 2 aromatic carbocycles. The van der Waals surface area contributed by atoms with E-state index in [9.17, 15) is 29.1 Å². The number of nitrogens with zero attached hydrogens (tertiary/aromatic N) is 1. The van der Waals surface area contributed by atoms with Gasteiger partial charge in [-0.2, -0.15) is 0 Å². The number of phenols is 1. The number of nitrogens with one attached hydrogen (secondary N) is 3. The third kappa shape index (κ3) is 9.06. The van der Waals surface area contributed by atoms with E-state index in [0.29, 0.717) is 16.6 Å². The Morgan fingerprint density at radius 3 is 2.14 bits per heavy atom. The molecule has 1 heterocycles. The number of carbonyl (C=O) groups is 5. The lowest BCUT2D eigenvalue weighted by Crippen LogP contribution is -2.56. The molecule has 0 aliphatic carbocycles. The summed E-state index contributed by atoms with van der Waals surface area (Å²) in [4.78, 5) is 63.8. The van der Waals surface area contributed by atoms with Crippen molar-refractivity contribution in [1.29, 1.82) is 0 Å². The van der Waals surface area contributed by atoms with Crippen LogP contribution in [0.3, 0.4) is 0 Å².